The van der Waals surface area contributed by atoms with Gasteiger partial charge in [0.1, 0.15) is 0 Å². The summed E-state index contributed by atoms with van der Waals surface area (Å²) in [5, 5.41) is 0. The van der Waals surface area contributed by atoms with Crippen molar-refractivity contribution in [3.05, 3.63) is 0 Å². The largest absolute Gasteiger partial charge is 0.375 e. The van der Waals surface area contributed by atoms with Crippen molar-refractivity contribution in [2.75, 3.05) is 40.3 Å². The molecule has 0 aliphatic carbocycles. The molecule has 2 unspecified atom stereocenters. The van der Waals surface area contributed by atoms with E-state index in [1.54, 1.807) is 0 Å². The second kappa shape index (κ2) is 5.68. The molecule has 19 heavy (non-hydrogen) atoms. The Morgan fingerprint density at radius 1 is 1.42 bits per heavy atom. The average molecular weight is 269 g/mol. The van der Waals surface area contributed by atoms with Crippen molar-refractivity contribution in [3.63, 3.8) is 0 Å². The van der Waals surface area contributed by atoms with Gasteiger partial charge in [-0.2, -0.15) is 0 Å². The number of likely N-dealkylation sites (N-methyl/N-ethyl adjacent to an activating group) is 2. The fraction of sp³-hybridized carbons (Fsp3) is 1.00. The summed E-state index contributed by atoms with van der Waals surface area (Å²) in [6.07, 6.45) is 4.74. The van der Waals surface area contributed by atoms with E-state index in [0.29, 0.717) is 6.04 Å². The van der Waals surface area contributed by atoms with Crippen LogP contribution in [0.15, 0.2) is 0 Å². The van der Waals surface area contributed by atoms with Crippen LogP contribution < -0.4 is 5.73 Å². The second-order valence-corrected chi connectivity index (χ2v) is 7.12. The Morgan fingerprint density at radius 3 is 2.68 bits per heavy atom. The van der Waals surface area contributed by atoms with Gasteiger partial charge in [0.05, 0.1) is 5.60 Å². The van der Waals surface area contributed by atoms with Gasteiger partial charge in [-0.1, -0.05) is 0 Å². The monoisotopic (exact) mass is 269 g/mol. The summed E-state index contributed by atoms with van der Waals surface area (Å²) in [6, 6.07) is 0.694. The van der Waals surface area contributed by atoms with Gasteiger partial charge in [-0.25, -0.2) is 0 Å². The Balaban J connectivity index is 2.03. The highest BCUT2D eigenvalue weighted by molar-refractivity contribution is 4.99. The molecule has 2 rings (SSSR count). The smallest absolute Gasteiger partial charge is 0.0644 e. The molecule has 2 atom stereocenters. The van der Waals surface area contributed by atoms with Crippen LogP contribution in [0.3, 0.4) is 0 Å². The van der Waals surface area contributed by atoms with Crippen molar-refractivity contribution in [1.29, 1.82) is 0 Å². The standard InChI is InChI=1S/C15H31N3O/c1-14(2)11-15(12-16,7-9-19-14)18(4)10-13-6-5-8-17(13)3/h13H,5-12,16H2,1-4H3. The van der Waals surface area contributed by atoms with Crippen LogP contribution in [0.2, 0.25) is 0 Å². The predicted octanol–water partition coefficient (Wildman–Crippen LogP) is 1.30. The molecule has 0 amide bonds. The van der Waals surface area contributed by atoms with Crippen LogP contribution in [0.1, 0.15) is 39.5 Å². The number of likely N-dealkylation sites (tertiary alicyclic amines) is 1. The van der Waals surface area contributed by atoms with Crippen LogP contribution in [0.4, 0.5) is 0 Å². The molecule has 0 bridgehead atoms. The molecule has 0 aromatic carbocycles. The zero-order valence-electron chi connectivity index (χ0n) is 13.1. The summed E-state index contributed by atoms with van der Waals surface area (Å²) < 4.78 is 5.87. The van der Waals surface area contributed by atoms with E-state index in [1.165, 1.54) is 19.4 Å². The predicted molar refractivity (Wildman–Crippen MR) is 79.3 cm³/mol. The van der Waals surface area contributed by atoms with Gasteiger partial charge in [0.15, 0.2) is 0 Å². The first-order valence-corrected chi connectivity index (χ1v) is 7.64. The first-order chi connectivity index (χ1) is 8.88. The van der Waals surface area contributed by atoms with E-state index >= 15 is 0 Å². The minimum absolute atomic E-state index is 0.0482. The average Bonchev–Trinajstić information content (AvgIpc) is 2.73. The minimum Gasteiger partial charge on any atom is -0.375 e. The van der Waals surface area contributed by atoms with E-state index < -0.39 is 0 Å². The first kappa shape index (κ1) is 15.2. The topological polar surface area (TPSA) is 41.7 Å². The quantitative estimate of drug-likeness (QED) is 0.835. The highest BCUT2D eigenvalue weighted by atomic mass is 16.5. The zero-order valence-corrected chi connectivity index (χ0v) is 13.1. The lowest BCUT2D eigenvalue weighted by Gasteiger charge is -2.50. The molecule has 0 aromatic heterocycles. The summed E-state index contributed by atoms with van der Waals surface area (Å²) in [6.45, 7) is 8.30. The third-order valence-electron chi connectivity index (χ3n) is 5.16. The lowest BCUT2D eigenvalue weighted by atomic mass is 9.80. The molecule has 0 aromatic rings. The normalized spacial score (nSPS) is 36.0. The van der Waals surface area contributed by atoms with Crippen molar-refractivity contribution < 1.29 is 4.74 Å². The molecule has 0 saturated carbocycles. The third-order valence-corrected chi connectivity index (χ3v) is 5.16. The Morgan fingerprint density at radius 2 is 2.16 bits per heavy atom. The van der Waals surface area contributed by atoms with Crippen molar-refractivity contribution in [1.82, 2.24) is 9.80 Å². The van der Waals surface area contributed by atoms with Gasteiger partial charge in [0.2, 0.25) is 0 Å². The van der Waals surface area contributed by atoms with E-state index in [-0.39, 0.29) is 11.1 Å². The molecule has 2 heterocycles. The molecule has 2 aliphatic heterocycles. The Bertz CT molecular complexity index is 308. The Labute approximate surface area is 118 Å². The third kappa shape index (κ3) is 3.30. The van der Waals surface area contributed by atoms with Crippen molar-refractivity contribution in [2.45, 2.75) is 56.7 Å². The van der Waals surface area contributed by atoms with Crippen molar-refractivity contribution in [2.24, 2.45) is 5.73 Å². The molecule has 2 aliphatic rings. The van der Waals surface area contributed by atoms with Gasteiger partial charge in [-0.3, -0.25) is 4.90 Å². The molecule has 0 radical (unpaired) electrons. The zero-order chi connectivity index (χ0) is 14.1. The summed E-state index contributed by atoms with van der Waals surface area (Å²) in [5.74, 6) is 0. The maximum absolute atomic E-state index is 6.16. The summed E-state index contributed by atoms with van der Waals surface area (Å²) in [4.78, 5) is 5.01. The van der Waals surface area contributed by atoms with Gasteiger partial charge >= 0.3 is 0 Å². The number of nitrogens with two attached hydrogens (primary N) is 1. The molecule has 112 valence electrons. The summed E-state index contributed by atoms with van der Waals surface area (Å²) in [7, 11) is 4.50. The molecular weight excluding hydrogens is 238 g/mol. The maximum Gasteiger partial charge on any atom is 0.0644 e. The molecule has 4 nitrogen and oxygen atoms in total. The number of hydrogen-bond acceptors (Lipinski definition) is 4. The minimum atomic E-state index is -0.0482. The first-order valence-electron chi connectivity index (χ1n) is 7.64. The number of rotatable bonds is 4. The van der Waals surface area contributed by atoms with Crippen LogP contribution in [0.25, 0.3) is 0 Å². The molecule has 2 N–H and O–H groups in total. The van der Waals surface area contributed by atoms with Crippen LogP contribution >= 0.6 is 0 Å². The van der Waals surface area contributed by atoms with E-state index in [1.807, 2.05) is 0 Å². The van der Waals surface area contributed by atoms with Gasteiger partial charge < -0.3 is 15.4 Å². The fourth-order valence-corrected chi connectivity index (χ4v) is 3.82. The van der Waals surface area contributed by atoms with Crippen LogP contribution in [-0.2, 0) is 4.74 Å². The molecule has 2 saturated heterocycles. The molecule has 0 spiro atoms. The Hall–Kier alpha value is -0.160. The SMILES string of the molecule is CN1CCCC1CN(C)C1(CN)CCOC(C)(C)C1. The van der Waals surface area contributed by atoms with Crippen molar-refractivity contribution >= 4 is 0 Å². The highest BCUT2D eigenvalue weighted by Gasteiger charge is 2.43. The maximum atomic E-state index is 6.16. The Kier molecular flexibility index (Phi) is 4.56. The summed E-state index contributed by atoms with van der Waals surface area (Å²) in [5.41, 5.74) is 6.23. The summed E-state index contributed by atoms with van der Waals surface area (Å²) >= 11 is 0. The van der Waals surface area contributed by atoms with Crippen LogP contribution in [-0.4, -0.2) is 67.3 Å². The van der Waals surface area contributed by atoms with Gasteiger partial charge in [0, 0.05) is 31.3 Å². The lowest BCUT2D eigenvalue weighted by Crippen LogP contribution is -2.61. The number of nitrogens with zero attached hydrogens (tertiary/aromatic N) is 2. The van der Waals surface area contributed by atoms with Crippen molar-refractivity contribution in [3.8, 4) is 0 Å². The molecule has 2 fully saturated rings. The van der Waals surface area contributed by atoms with Crippen LogP contribution in [0, 0.1) is 0 Å². The van der Waals surface area contributed by atoms with Gasteiger partial charge in [-0.15, -0.1) is 0 Å². The van der Waals surface area contributed by atoms with E-state index in [4.69, 9.17) is 10.5 Å². The van der Waals surface area contributed by atoms with Gasteiger partial charge in [0.25, 0.3) is 0 Å². The van der Waals surface area contributed by atoms with Gasteiger partial charge in [-0.05, 0) is 60.2 Å². The number of ether oxygens (including phenoxy) is 1. The van der Waals surface area contributed by atoms with E-state index in [2.05, 4.69) is 37.7 Å². The molecular formula is C15H31N3O. The second-order valence-electron chi connectivity index (χ2n) is 7.12. The van der Waals surface area contributed by atoms with Crippen LogP contribution in [0.5, 0.6) is 0 Å². The molecule has 4 heteroatoms. The highest BCUT2D eigenvalue weighted by Crippen LogP contribution is 2.35. The lowest BCUT2D eigenvalue weighted by molar-refractivity contribution is -0.115. The fourth-order valence-electron chi connectivity index (χ4n) is 3.82. The van der Waals surface area contributed by atoms with E-state index in [0.717, 1.165) is 32.5 Å². The van der Waals surface area contributed by atoms with E-state index in [9.17, 15) is 0 Å². The number of hydrogen-bond donors (Lipinski definition) is 1.